The summed E-state index contributed by atoms with van der Waals surface area (Å²) in [6.07, 6.45) is -0.250. The average Bonchev–Trinajstić information content (AvgIpc) is 2.75. The summed E-state index contributed by atoms with van der Waals surface area (Å²) >= 11 is 0. The maximum atomic E-state index is 13.7. The topological polar surface area (TPSA) is 87.7 Å². The van der Waals surface area contributed by atoms with Crippen molar-refractivity contribution in [2.75, 3.05) is 7.05 Å². The number of carbonyl (C=O) groups excluding carboxylic acids is 3. The molecule has 196 valence electrons. The Kier molecular flexibility index (Phi) is 10.1. The predicted molar refractivity (Wildman–Crippen MR) is 142 cm³/mol. The van der Waals surface area contributed by atoms with E-state index in [1.807, 2.05) is 76.2 Å². The van der Waals surface area contributed by atoms with E-state index in [2.05, 4.69) is 10.6 Å². The molecule has 0 fully saturated rings. The molecule has 0 heterocycles. The number of ether oxygens (including phenoxy) is 1. The molecule has 2 aromatic rings. The van der Waals surface area contributed by atoms with Gasteiger partial charge in [-0.25, -0.2) is 4.79 Å². The summed E-state index contributed by atoms with van der Waals surface area (Å²) in [4.78, 5) is 41.2. The second kappa shape index (κ2) is 12.6. The fraction of sp³-hybridized carbons (Fsp3) is 0.483. The Hall–Kier alpha value is -3.35. The molecule has 2 rings (SSSR count). The number of carbonyl (C=O) groups is 3. The van der Waals surface area contributed by atoms with E-state index in [0.29, 0.717) is 13.0 Å². The van der Waals surface area contributed by atoms with Gasteiger partial charge in [0.2, 0.25) is 11.8 Å². The standard InChI is InChI=1S/C29H41N3O4/c1-19(2)14-24(31-28(35)36-29(5,6)7)27(34)32(8)25(23-16-20(3)15-21(4)17-23)26(33)30-18-22-12-10-9-11-13-22/h9-13,15-17,19,24-25H,14,18H2,1-8H3,(H,30,33)(H,31,35). The van der Waals surface area contributed by atoms with Gasteiger partial charge in [-0.15, -0.1) is 0 Å². The van der Waals surface area contributed by atoms with E-state index >= 15 is 0 Å². The first kappa shape index (κ1) is 28.9. The molecule has 0 saturated carbocycles. The average molecular weight is 496 g/mol. The van der Waals surface area contributed by atoms with Crippen molar-refractivity contribution in [1.82, 2.24) is 15.5 Å². The molecule has 2 N–H and O–H groups in total. The van der Waals surface area contributed by atoms with Crippen LogP contribution in [-0.4, -0.2) is 41.5 Å². The van der Waals surface area contributed by atoms with Gasteiger partial charge in [0.15, 0.2) is 0 Å². The van der Waals surface area contributed by atoms with Gasteiger partial charge < -0.3 is 20.3 Å². The maximum Gasteiger partial charge on any atom is 0.408 e. The van der Waals surface area contributed by atoms with Gasteiger partial charge in [-0.3, -0.25) is 9.59 Å². The Morgan fingerprint density at radius 3 is 2.08 bits per heavy atom. The van der Waals surface area contributed by atoms with Crippen molar-refractivity contribution in [3.8, 4) is 0 Å². The number of nitrogens with zero attached hydrogens (tertiary/aromatic N) is 1. The minimum atomic E-state index is -0.866. The highest BCUT2D eigenvalue weighted by atomic mass is 16.6. The molecule has 2 atom stereocenters. The minimum absolute atomic E-state index is 0.133. The summed E-state index contributed by atoms with van der Waals surface area (Å²) in [7, 11) is 1.61. The first-order valence-corrected chi connectivity index (χ1v) is 12.4. The van der Waals surface area contributed by atoms with Crippen LogP contribution in [0.5, 0.6) is 0 Å². The zero-order chi connectivity index (χ0) is 27.0. The van der Waals surface area contributed by atoms with Crippen molar-refractivity contribution in [3.05, 3.63) is 70.8 Å². The van der Waals surface area contributed by atoms with Crippen molar-refractivity contribution >= 4 is 17.9 Å². The monoisotopic (exact) mass is 495 g/mol. The molecule has 0 spiro atoms. The fourth-order valence-corrected chi connectivity index (χ4v) is 4.12. The third kappa shape index (κ3) is 9.02. The summed E-state index contributed by atoms with van der Waals surface area (Å²) in [5, 5.41) is 5.71. The number of benzene rings is 2. The van der Waals surface area contributed by atoms with Crippen LogP contribution < -0.4 is 10.6 Å². The summed E-state index contributed by atoms with van der Waals surface area (Å²) in [5.41, 5.74) is 2.98. The lowest BCUT2D eigenvalue weighted by Gasteiger charge is -2.32. The van der Waals surface area contributed by atoms with Crippen molar-refractivity contribution in [2.24, 2.45) is 5.92 Å². The summed E-state index contributed by atoms with van der Waals surface area (Å²) in [6, 6.07) is 13.8. The zero-order valence-corrected chi connectivity index (χ0v) is 22.8. The van der Waals surface area contributed by atoms with Gasteiger partial charge in [0.1, 0.15) is 17.7 Å². The molecule has 0 aliphatic heterocycles. The van der Waals surface area contributed by atoms with Gasteiger partial charge in [-0.2, -0.15) is 0 Å². The Balaban J connectivity index is 2.35. The Morgan fingerprint density at radius 1 is 0.972 bits per heavy atom. The molecule has 2 unspecified atom stereocenters. The lowest BCUT2D eigenvalue weighted by Crippen LogP contribution is -2.52. The van der Waals surface area contributed by atoms with Crippen LogP contribution in [0.15, 0.2) is 48.5 Å². The first-order chi connectivity index (χ1) is 16.8. The van der Waals surface area contributed by atoms with E-state index in [1.54, 1.807) is 27.8 Å². The van der Waals surface area contributed by atoms with Crippen LogP contribution in [0.4, 0.5) is 4.79 Å². The number of alkyl carbamates (subject to hydrolysis) is 1. The van der Waals surface area contributed by atoms with Crippen LogP contribution in [0.1, 0.15) is 69.3 Å². The van der Waals surface area contributed by atoms with E-state index in [0.717, 1.165) is 22.3 Å². The molecule has 3 amide bonds. The molecule has 0 radical (unpaired) electrons. The Labute approximate surface area is 215 Å². The molecule has 7 nitrogen and oxygen atoms in total. The van der Waals surface area contributed by atoms with E-state index in [-0.39, 0.29) is 17.7 Å². The second-order valence-electron chi connectivity index (χ2n) is 10.8. The molecule has 0 bridgehead atoms. The third-order valence-electron chi connectivity index (χ3n) is 5.55. The summed E-state index contributed by atoms with van der Waals surface area (Å²) in [6.45, 7) is 13.5. The molecule has 0 saturated heterocycles. The number of hydrogen-bond acceptors (Lipinski definition) is 4. The van der Waals surface area contributed by atoms with E-state index in [4.69, 9.17) is 4.74 Å². The van der Waals surface area contributed by atoms with Gasteiger partial charge in [-0.05, 0) is 58.1 Å². The molecule has 0 aromatic heterocycles. The lowest BCUT2D eigenvalue weighted by molar-refractivity contribution is -0.141. The van der Waals surface area contributed by atoms with E-state index in [9.17, 15) is 14.4 Å². The van der Waals surface area contributed by atoms with Crippen LogP contribution >= 0.6 is 0 Å². The van der Waals surface area contributed by atoms with Crippen LogP contribution in [0.2, 0.25) is 0 Å². The maximum absolute atomic E-state index is 13.7. The van der Waals surface area contributed by atoms with Gasteiger partial charge in [0, 0.05) is 13.6 Å². The molecule has 36 heavy (non-hydrogen) atoms. The molecule has 2 aromatic carbocycles. The van der Waals surface area contributed by atoms with Crippen LogP contribution in [0.3, 0.4) is 0 Å². The molecule has 7 heteroatoms. The second-order valence-corrected chi connectivity index (χ2v) is 10.8. The number of aryl methyl sites for hydroxylation is 2. The molecule has 0 aliphatic carbocycles. The van der Waals surface area contributed by atoms with Gasteiger partial charge in [0.05, 0.1) is 0 Å². The summed E-state index contributed by atoms with van der Waals surface area (Å²) < 4.78 is 5.39. The fourth-order valence-electron chi connectivity index (χ4n) is 4.12. The van der Waals surface area contributed by atoms with Crippen molar-refractivity contribution in [1.29, 1.82) is 0 Å². The van der Waals surface area contributed by atoms with Crippen LogP contribution in [0, 0.1) is 19.8 Å². The number of hydrogen-bond donors (Lipinski definition) is 2. The Morgan fingerprint density at radius 2 is 1.56 bits per heavy atom. The highest BCUT2D eigenvalue weighted by Gasteiger charge is 2.34. The number of rotatable bonds is 9. The number of amides is 3. The van der Waals surface area contributed by atoms with Gasteiger partial charge in [-0.1, -0.05) is 73.5 Å². The number of nitrogens with one attached hydrogen (secondary N) is 2. The van der Waals surface area contributed by atoms with Crippen molar-refractivity contribution in [3.63, 3.8) is 0 Å². The smallest absolute Gasteiger partial charge is 0.408 e. The predicted octanol–water partition coefficient (Wildman–Crippen LogP) is 5.06. The zero-order valence-electron chi connectivity index (χ0n) is 22.8. The van der Waals surface area contributed by atoms with Crippen LogP contribution in [-0.2, 0) is 20.9 Å². The first-order valence-electron chi connectivity index (χ1n) is 12.4. The quantitative estimate of drug-likeness (QED) is 0.509. The van der Waals surface area contributed by atoms with Crippen LogP contribution in [0.25, 0.3) is 0 Å². The molecule has 0 aliphatic rings. The van der Waals surface area contributed by atoms with Gasteiger partial charge in [0.25, 0.3) is 0 Å². The van der Waals surface area contributed by atoms with Crippen molar-refractivity contribution in [2.45, 2.75) is 79.1 Å². The minimum Gasteiger partial charge on any atom is -0.444 e. The normalized spacial score (nSPS) is 13.0. The van der Waals surface area contributed by atoms with Crippen molar-refractivity contribution < 1.29 is 19.1 Å². The summed E-state index contributed by atoms with van der Waals surface area (Å²) in [5.74, 6) is -0.511. The highest BCUT2D eigenvalue weighted by molar-refractivity contribution is 5.92. The largest absolute Gasteiger partial charge is 0.444 e. The molecular formula is C29H41N3O4. The van der Waals surface area contributed by atoms with E-state index in [1.165, 1.54) is 4.90 Å². The Bertz CT molecular complexity index is 1020. The highest BCUT2D eigenvalue weighted by Crippen LogP contribution is 2.25. The third-order valence-corrected chi connectivity index (χ3v) is 5.55. The SMILES string of the molecule is Cc1cc(C)cc(C(C(=O)NCc2ccccc2)N(C)C(=O)C(CC(C)C)NC(=O)OC(C)(C)C)c1. The van der Waals surface area contributed by atoms with E-state index < -0.39 is 23.8 Å². The van der Waals surface area contributed by atoms with Gasteiger partial charge >= 0.3 is 6.09 Å². The molecular weight excluding hydrogens is 454 g/mol. The lowest BCUT2D eigenvalue weighted by atomic mass is 9.97. The number of likely N-dealkylation sites (N-methyl/N-ethyl adjacent to an activating group) is 1.